The van der Waals surface area contributed by atoms with E-state index in [9.17, 15) is 14.9 Å². The number of hydrogen-bond donors (Lipinski definition) is 1. The predicted octanol–water partition coefficient (Wildman–Crippen LogP) is 1.68. The molecular formula is C12H14ClN3O3. The van der Waals surface area contributed by atoms with E-state index in [0.29, 0.717) is 24.7 Å². The van der Waals surface area contributed by atoms with Crippen LogP contribution in [0.1, 0.15) is 16.8 Å². The van der Waals surface area contributed by atoms with Gasteiger partial charge in [-0.25, -0.2) is 0 Å². The van der Waals surface area contributed by atoms with Gasteiger partial charge in [0.15, 0.2) is 0 Å². The number of nitro benzene ring substituents is 1. The molecule has 102 valence electrons. The van der Waals surface area contributed by atoms with Crippen molar-refractivity contribution in [1.29, 1.82) is 0 Å². The molecule has 7 heteroatoms. The molecule has 0 spiro atoms. The molecule has 1 N–H and O–H groups in total. The summed E-state index contributed by atoms with van der Waals surface area (Å²) in [6, 6.07) is 4.05. The standard InChI is InChI=1S/C12H14ClN3O3/c13-9-2-3-11(16(18)19)10(8-9)12(17)15-6-1-4-14-5-7-15/h2-3,8,14H,1,4-7H2. The average Bonchev–Trinajstić information content (AvgIpc) is 2.66. The monoisotopic (exact) mass is 283 g/mol. The highest BCUT2D eigenvalue weighted by atomic mass is 35.5. The Morgan fingerprint density at radius 2 is 2.16 bits per heavy atom. The molecule has 6 nitrogen and oxygen atoms in total. The van der Waals surface area contributed by atoms with Gasteiger partial charge in [-0.15, -0.1) is 0 Å². The van der Waals surface area contributed by atoms with Crippen molar-refractivity contribution in [2.75, 3.05) is 26.2 Å². The Morgan fingerprint density at radius 1 is 1.37 bits per heavy atom. The van der Waals surface area contributed by atoms with Crippen LogP contribution in [0.4, 0.5) is 5.69 Å². The molecular weight excluding hydrogens is 270 g/mol. The Balaban J connectivity index is 2.31. The first-order valence-corrected chi connectivity index (χ1v) is 6.41. The fourth-order valence-electron chi connectivity index (χ4n) is 2.06. The molecule has 2 rings (SSSR count). The van der Waals surface area contributed by atoms with E-state index in [0.717, 1.165) is 13.0 Å². The maximum atomic E-state index is 12.4. The second-order valence-electron chi connectivity index (χ2n) is 4.31. The van der Waals surface area contributed by atoms with E-state index in [4.69, 9.17) is 11.6 Å². The maximum absolute atomic E-state index is 12.4. The molecule has 1 aliphatic heterocycles. The number of rotatable bonds is 2. The minimum absolute atomic E-state index is 0.0550. The number of benzene rings is 1. The fourth-order valence-corrected chi connectivity index (χ4v) is 2.23. The van der Waals surface area contributed by atoms with Crippen molar-refractivity contribution in [3.8, 4) is 0 Å². The van der Waals surface area contributed by atoms with Gasteiger partial charge >= 0.3 is 0 Å². The van der Waals surface area contributed by atoms with Crippen molar-refractivity contribution in [1.82, 2.24) is 10.2 Å². The van der Waals surface area contributed by atoms with Crippen LogP contribution in [0.25, 0.3) is 0 Å². The van der Waals surface area contributed by atoms with Crippen molar-refractivity contribution in [3.05, 3.63) is 38.9 Å². The number of carbonyl (C=O) groups excluding carboxylic acids is 1. The Morgan fingerprint density at radius 3 is 2.89 bits per heavy atom. The van der Waals surface area contributed by atoms with E-state index in [-0.39, 0.29) is 17.2 Å². The third-order valence-electron chi connectivity index (χ3n) is 3.01. The first kappa shape index (κ1) is 13.8. The van der Waals surface area contributed by atoms with E-state index >= 15 is 0 Å². The quantitative estimate of drug-likeness (QED) is 0.662. The molecule has 1 saturated heterocycles. The lowest BCUT2D eigenvalue weighted by molar-refractivity contribution is -0.385. The Labute approximate surface area is 115 Å². The van der Waals surface area contributed by atoms with Crippen LogP contribution in [0.2, 0.25) is 5.02 Å². The van der Waals surface area contributed by atoms with Crippen molar-refractivity contribution in [2.24, 2.45) is 0 Å². The topological polar surface area (TPSA) is 75.5 Å². The van der Waals surface area contributed by atoms with E-state index in [1.165, 1.54) is 18.2 Å². The highest BCUT2D eigenvalue weighted by Gasteiger charge is 2.25. The molecule has 0 aromatic heterocycles. The van der Waals surface area contributed by atoms with Crippen LogP contribution < -0.4 is 5.32 Å². The minimum Gasteiger partial charge on any atom is -0.337 e. The number of nitrogens with zero attached hydrogens (tertiary/aromatic N) is 2. The van der Waals surface area contributed by atoms with Gasteiger partial charge in [0.25, 0.3) is 11.6 Å². The van der Waals surface area contributed by atoms with Crippen LogP contribution in [-0.2, 0) is 0 Å². The lowest BCUT2D eigenvalue weighted by atomic mass is 10.1. The zero-order chi connectivity index (χ0) is 13.8. The molecule has 0 radical (unpaired) electrons. The van der Waals surface area contributed by atoms with E-state index in [2.05, 4.69) is 5.32 Å². The molecule has 1 aliphatic rings. The summed E-state index contributed by atoms with van der Waals surface area (Å²) >= 11 is 5.83. The van der Waals surface area contributed by atoms with Crippen LogP contribution >= 0.6 is 11.6 Å². The molecule has 0 aliphatic carbocycles. The molecule has 0 unspecified atom stereocenters. The molecule has 0 bridgehead atoms. The van der Waals surface area contributed by atoms with Gasteiger partial charge in [0, 0.05) is 30.7 Å². The summed E-state index contributed by atoms with van der Waals surface area (Å²) < 4.78 is 0. The molecule has 0 atom stereocenters. The van der Waals surface area contributed by atoms with E-state index in [1.54, 1.807) is 4.90 Å². The summed E-state index contributed by atoms with van der Waals surface area (Å²) in [4.78, 5) is 24.4. The fraction of sp³-hybridized carbons (Fsp3) is 0.417. The van der Waals surface area contributed by atoms with Crippen LogP contribution in [0.3, 0.4) is 0 Å². The maximum Gasteiger partial charge on any atom is 0.282 e. The SMILES string of the molecule is O=C(c1cc(Cl)ccc1[N+](=O)[O-])N1CCCNCC1. The van der Waals surface area contributed by atoms with Gasteiger partial charge < -0.3 is 10.2 Å². The van der Waals surface area contributed by atoms with Gasteiger partial charge in [0.2, 0.25) is 0 Å². The number of halogens is 1. The van der Waals surface area contributed by atoms with Crippen molar-refractivity contribution >= 4 is 23.2 Å². The Bertz CT molecular complexity index is 499. The number of carbonyl (C=O) groups is 1. The van der Waals surface area contributed by atoms with Crippen molar-refractivity contribution < 1.29 is 9.72 Å². The highest BCUT2D eigenvalue weighted by molar-refractivity contribution is 6.31. The summed E-state index contributed by atoms with van der Waals surface area (Å²) in [7, 11) is 0. The minimum atomic E-state index is -0.556. The normalized spacial score (nSPS) is 15.9. The highest BCUT2D eigenvalue weighted by Crippen LogP contribution is 2.24. The molecule has 1 amide bonds. The summed E-state index contributed by atoms with van der Waals surface area (Å²) in [5, 5.41) is 14.5. The Hall–Kier alpha value is -1.66. The number of nitrogens with one attached hydrogen (secondary N) is 1. The molecule has 1 aromatic rings. The largest absolute Gasteiger partial charge is 0.337 e. The molecule has 1 heterocycles. The number of amides is 1. The summed E-state index contributed by atoms with van der Waals surface area (Å²) in [5.41, 5.74) is -0.147. The van der Waals surface area contributed by atoms with Gasteiger partial charge in [-0.05, 0) is 25.1 Å². The number of hydrogen-bond acceptors (Lipinski definition) is 4. The van der Waals surface area contributed by atoms with Crippen LogP contribution in [0.15, 0.2) is 18.2 Å². The molecule has 19 heavy (non-hydrogen) atoms. The third kappa shape index (κ3) is 3.21. The second-order valence-corrected chi connectivity index (χ2v) is 4.75. The van der Waals surface area contributed by atoms with Gasteiger partial charge in [-0.1, -0.05) is 11.6 Å². The van der Waals surface area contributed by atoms with Gasteiger partial charge in [-0.2, -0.15) is 0 Å². The third-order valence-corrected chi connectivity index (χ3v) is 3.25. The molecule has 1 fully saturated rings. The van der Waals surface area contributed by atoms with E-state index < -0.39 is 4.92 Å². The zero-order valence-electron chi connectivity index (χ0n) is 10.3. The summed E-state index contributed by atoms with van der Waals surface area (Å²) in [6.45, 7) is 2.68. The van der Waals surface area contributed by atoms with Crippen LogP contribution in [-0.4, -0.2) is 41.9 Å². The van der Waals surface area contributed by atoms with E-state index in [1.807, 2.05) is 0 Å². The zero-order valence-corrected chi connectivity index (χ0v) is 11.0. The summed E-state index contributed by atoms with van der Waals surface area (Å²) in [5.74, 6) is -0.335. The van der Waals surface area contributed by atoms with Crippen molar-refractivity contribution in [3.63, 3.8) is 0 Å². The van der Waals surface area contributed by atoms with Gasteiger partial charge in [0.05, 0.1) is 4.92 Å². The van der Waals surface area contributed by atoms with Crippen molar-refractivity contribution in [2.45, 2.75) is 6.42 Å². The van der Waals surface area contributed by atoms with Crippen LogP contribution in [0, 0.1) is 10.1 Å². The lowest BCUT2D eigenvalue weighted by Gasteiger charge is -2.19. The first-order chi connectivity index (χ1) is 9.09. The number of nitro groups is 1. The second kappa shape index (κ2) is 5.99. The smallest absolute Gasteiger partial charge is 0.282 e. The first-order valence-electron chi connectivity index (χ1n) is 6.03. The lowest BCUT2D eigenvalue weighted by Crippen LogP contribution is -2.34. The van der Waals surface area contributed by atoms with Gasteiger partial charge in [-0.3, -0.25) is 14.9 Å². The predicted molar refractivity (Wildman–Crippen MR) is 71.5 cm³/mol. The Kier molecular flexibility index (Phi) is 4.34. The molecule has 1 aromatic carbocycles. The molecule has 0 saturated carbocycles. The van der Waals surface area contributed by atoms with Gasteiger partial charge in [0.1, 0.15) is 5.56 Å². The summed E-state index contributed by atoms with van der Waals surface area (Å²) in [6.07, 6.45) is 0.833. The average molecular weight is 284 g/mol. The van der Waals surface area contributed by atoms with Crippen LogP contribution in [0.5, 0.6) is 0 Å².